The number of rotatable bonds is 2. The van der Waals surface area contributed by atoms with Gasteiger partial charge in [0, 0.05) is 11.1 Å². The van der Waals surface area contributed by atoms with Crippen molar-refractivity contribution in [2.45, 2.75) is 27.2 Å². The summed E-state index contributed by atoms with van der Waals surface area (Å²) in [5.74, 6) is 0. The summed E-state index contributed by atoms with van der Waals surface area (Å²) in [6, 6.07) is 21.2. The molecule has 1 heterocycles. The summed E-state index contributed by atoms with van der Waals surface area (Å²) in [5, 5.41) is 1.22. The van der Waals surface area contributed by atoms with Crippen LogP contribution in [0.15, 0.2) is 60.7 Å². The summed E-state index contributed by atoms with van der Waals surface area (Å²) < 4.78 is 0. The van der Waals surface area contributed by atoms with Crippen molar-refractivity contribution in [1.82, 2.24) is 4.98 Å². The molecular weight excluding hydrogens is 254 g/mol. The molecule has 0 aliphatic heterocycles. The van der Waals surface area contributed by atoms with Gasteiger partial charge in [-0.25, -0.2) is 0 Å². The van der Waals surface area contributed by atoms with Gasteiger partial charge in [0.15, 0.2) is 0 Å². The molecule has 3 aromatic rings. The van der Waals surface area contributed by atoms with Crippen LogP contribution in [0.4, 0.5) is 0 Å². The second-order valence-corrected chi connectivity index (χ2v) is 6.78. The highest BCUT2D eigenvalue weighted by molar-refractivity contribution is 5.94. The van der Waals surface area contributed by atoms with Crippen molar-refractivity contribution in [3.05, 3.63) is 66.4 Å². The van der Waals surface area contributed by atoms with E-state index in [-0.39, 0.29) is 5.41 Å². The van der Waals surface area contributed by atoms with Crippen molar-refractivity contribution >= 4 is 10.9 Å². The zero-order valence-electron chi connectivity index (χ0n) is 12.9. The van der Waals surface area contributed by atoms with Gasteiger partial charge in [0.1, 0.15) is 0 Å². The minimum absolute atomic E-state index is 0.239. The summed E-state index contributed by atoms with van der Waals surface area (Å²) in [6.07, 6.45) is 0.984. The third-order valence-corrected chi connectivity index (χ3v) is 3.57. The largest absolute Gasteiger partial charge is 0.253 e. The van der Waals surface area contributed by atoms with E-state index in [0.717, 1.165) is 11.9 Å². The third-order valence-electron chi connectivity index (χ3n) is 3.57. The number of pyridine rings is 1. The number of benzene rings is 2. The van der Waals surface area contributed by atoms with Crippen LogP contribution in [0.2, 0.25) is 0 Å². The van der Waals surface area contributed by atoms with Crippen molar-refractivity contribution in [1.29, 1.82) is 0 Å². The van der Waals surface area contributed by atoms with Crippen molar-refractivity contribution in [2.24, 2.45) is 5.41 Å². The lowest BCUT2D eigenvalue weighted by Crippen LogP contribution is -2.10. The molecule has 0 saturated carbocycles. The SMILES string of the molecule is CC(C)(C)Cc1cc(-c2ccccc2)c2ccccc2n1. The minimum Gasteiger partial charge on any atom is -0.253 e. The fraction of sp³-hybridized carbons (Fsp3) is 0.250. The first kappa shape index (κ1) is 13.8. The second-order valence-electron chi connectivity index (χ2n) is 6.78. The smallest absolute Gasteiger partial charge is 0.0711 e. The van der Waals surface area contributed by atoms with E-state index in [0.29, 0.717) is 0 Å². The van der Waals surface area contributed by atoms with Crippen molar-refractivity contribution in [3.63, 3.8) is 0 Å². The van der Waals surface area contributed by atoms with E-state index in [1.54, 1.807) is 0 Å². The molecule has 0 fully saturated rings. The van der Waals surface area contributed by atoms with Crippen LogP contribution in [0.5, 0.6) is 0 Å². The summed E-state index contributed by atoms with van der Waals surface area (Å²) in [5.41, 5.74) is 5.02. The number of hydrogen-bond donors (Lipinski definition) is 0. The molecule has 0 bridgehead atoms. The highest BCUT2D eigenvalue weighted by Crippen LogP contribution is 2.30. The number of hydrogen-bond acceptors (Lipinski definition) is 1. The summed E-state index contributed by atoms with van der Waals surface area (Å²) in [6.45, 7) is 6.77. The number of nitrogens with zero attached hydrogens (tertiary/aromatic N) is 1. The van der Waals surface area contributed by atoms with Gasteiger partial charge < -0.3 is 0 Å². The number of aromatic nitrogens is 1. The first-order valence-electron chi connectivity index (χ1n) is 7.47. The van der Waals surface area contributed by atoms with Crippen LogP contribution in [0.25, 0.3) is 22.0 Å². The fourth-order valence-corrected chi connectivity index (χ4v) is 2.72. The van der Waals surface area contributed by atoms with Crippen LogP contribution in [-0.2, 0) is 6.42 Å². The number of fused-ring (bicyclic) bond motifs is 1. The molecule has 1 nitrogen and oxygen atoms in total. The molecule has 0 saturated heterocycles. The van der Waals surface area contributed by atoms with Crippen LogP contribution in [0, 0.1) is 5.41 Å². The molecular formula is C20H21N. The lowest BCUT2D eigenvalue weighted by atomic mass is 9.89. The van der Waals surface area contributed by atoms with E-state index in [1.165, 1.54) is 22.2 Å². The number of para-hydroxylation sites is 1. The Balaban J connectivity index is 2.21. The summed E-state index contributed by atoms with van der Waals surface area (Å²) in [7, 11) is 0. The maximum absolute atomic E-state index is 4.85. The van der Waals surface area contributed by atoms with Gasteiger partial charge in [-0.3, -0.25) is 4.98 Å². The van der Waals surface area contributed by atoms with Gasteiger partial charge >= 0.3 is 0 Å². The molecule has 0 atom stereocenters. The van der Waals surface area contributed by atoms with E-state index in [2.05, 4.69) is 81.4 Å². The second kappa shape index (κ2) is 5.33. The van der Waals surface area contributed by atoms with Gasteiger partial charge in [-0.1, -0.05) is 69.3 Å². The maximum Gasteiger partial charge on any atom is 0.0711 e. The Morgan fingerprint density at radius 2 is 1.52 bits per heavy atom. The average Bonchev–Trinajstić information content (AvgIpc) is 2.45. The lowest BCUT2D eigenvalue weighted by Gasteiger charge is -2.19. The molecule has 0 aliphatic carbocycles. The van der Waals surface area contributed by atoms with Crippen molar-refractivity contribution in [2.75, 3.05) is 0 Å². The van der Waals surface area contributed by atoms with Crippen LogP contribution in [-0.4, -0.2) is 4.98 Å². The van der Waals surface area contributed by atoms with Gasteiger partial charge in [-0.05, 0) is 35.1 Å². The first-order chi connectivity index (χ1) is 10.0. The Morgan fingerprint density at radius 1 is 0.857 bits per heavy atom. The zero-order valence-corrected chi connectivity index (χ0v) is 12.9. The van der Waals surface area contributed by atoms with Crippen LogP contribution >= 0.6 is 0 Å². The van der Waals surface area contributed by atoms with E-state index in [1.807, 2.05) is 0 Å². The Labute approximate surface area is 126 Å². The van der Waals surface area contributed by atoms with Crippen LogP contribution in [0.1, 0.15) is 26.5 Å². The van der Waals surface area contributed by atoms with Gasteiger partial charge in [0.25, 0.3) is 0 Å². The standard InChI is InChI=1S/C20H21N/c1-20(2,3)14-16-13-18(15-9-5-4-6-10-15)17-11-7-8-12-19(17)21-16/h4-13H,14H2,1-3H3. The molecule has 3 rings (SSSR count). The first-order valence-corrected chi connectivity index (χ1v) is 7.47. The molecule has 0 N–H and O–H groups in total. The van der Waals surface area contributed by atoms with E-state index in [4.69, 9.17) is 4.98 Å². The summed E-state index contributed by atoms with van der Waals surface area (Å²) in [4.78, 5) is 4.85. The molecule has 2 aromatic carbocycles. The Kier molecular flexibility index (Phi) is 3.50. The Morgan fingerprint density at radius 3 is 2.24 bits per heavy atom. The van der Waals surface area contributed by atoms with Gasteiger partial charge in [0.2, 0.25) is 0 Å². The molecule has 0 unspecified atom stereocenters. The minimum atomic E-state index is 0.239. The van der Waals surface area contributed by atoms with Crippen LogP contribution < -0.4 is 0 Å². The summed E-state index contributed by atoms with van der Waals surface area (Å²) >= 11 is 0. The highest BCUT2D eigenvalue weighted by atomic mass is 14.7. The van der Waals surface area contributed by atoms with E-state index >= 15 is 0 Å². The van der Waals surface area contributed by atoms with Gasteiger partial charge in [-0.2, -0.15) is 0 Å². The Hall–Kier alpha value is -2.15. The average molecular weight is 275 g/mol. The topological polar surface area (TPSA) is 12.9 Å². The zero-order chi connectivity index (χ0) is 14.9. The van der Waals surface area contributed by atoms with Gasteiger partial charge in [-0.15, -0.1) is 0 Å². The lowest BCUT2D eigenvalue weighted by molar-refractivity contribution is 0.407. The quantitative estimate of drug-likeness (QED) is 0.602. The molecule has 0 amide bonds. The predicted molar refractivity (Wildman–Crippen MR) is 90.3 cm³/mol. The molecule has 0 radical (unpaired) electrons. The fourth-order valence-electron chi connectivity index (χ4n) is 2.72. The molecule has 1 aromatic heterocycles. The third kappa shape index (κ3) is 3.13. The van der Waals surface area contributed by atoms with E-state index < -0.39 is 0 Å². The monoisotopic (exact) mass is 275 g/mol. The normalized spacial score (nSPS) is 11.8. The molecule has 106 valence electrons. The highest BCUT2D eigenvalue weighted by Gasteiger charge is 2.14. The van der Waals surface area contributed by atoms with E-state index in [9.17, 15) is 0 Å². The Bertz CT molecular complexity index is 752. The molecule has 0 spiro atoms. The molecule has 0 aliphatic rings. The van der Waals surface area contributed by atoms with Crippen molar-refractivity contribution < 1.29 is 0 Å². The molecule has 1 heteroatoms. The molecule has 21 heavy (non-hydrogen) atoms. The maximum atomic E-state index is 4.85. The van der Waals surface area contributed by atoms with Gasteiger partial charge in [0.05, 0.1) is 5.52 Å². The predicted octanol–water partition coefficient (Wildman–Crippen LogP) is 5.49. The van der Waals surface area contributed by atoms with Crippen LogP contribution in [0.3, 0.4) is 0 Å². The van der Waals surface area contributed by atoms with Crippen molar-refractivity contribution in [3.8, 4) is 11.1 Å².